The highest BCUT2D eigenvalue weighted by atomic mass is 16.6. The van der Waals surface area contributed by atoms with Gasteiger partial charge in [0.15, 0.2) is 5.76 Å². The molecule has 1 heterocycles. The highest BCUT2D eigenvalue weighted by Crippen LogP contribution is 2.30. The maximum absolute atomic E-state index is 12.9. The third kappa shape index (κ3) is 5.46. The Bertz CT molecular complexity index is 1290. The molecule has 9 heteroatoms. The number of hydrogen-bond acceptors (Lipinski definition) is 6. The number of nitrogens with zero attached hydrogens (tertiary/aromatic N) is 2. The quantitative estimate of drug-likeness (QED) is 0.379. The zero-order chi connectivity index (χ0) is 24.9. The fourth-order valence-electron chi connectivity index (χ4n) is 4.10. The second-order valence-electron chi connectivity index (χ2n) is 8.41. The molecule has 0 spiro atoms. The summed E-state index contributed by atoms with van der Waals surface area (Å²) in [5.41, 5.74) is 7.16. The second-order valence-corrected chi connectivity index (χ2v) is 8.41. The van der Waals surface area contributed by atoms with Crippen LogP contribution in [0.15, 0.2) is 58.0 Å². The SMILES string of the molecule is CCc1ccc(NC(=O)c2oc3c(c2C)/C(=N/NC(=O)Cc2ccc([N+](=O)[O-])cc2)CCC3)cc1. The first-order valence-corrected chi connectivity index (χ1v) is 11.5. The van der Waals surface area contributed by atoms with E-state index in [2.05, 4.69) is 22.8 Å². The van der Waals surface area contributed by atoms with Gasteiger partial charge in [-0.2, -0.15) is 5.10 Å². The molecule has 1 aliphatic carbocycles. The van der Waals surface area contributed by atoms with Crippen molar-refractivity contribution < 1.29 is 18.9 Å². The molecule has 4 rings (SSSR count). The Hall–Kier alpha value is -4.27. The molecule has 0 saturated carbocycles. The lowest BCUT2D eigenvalue weighted by Gasteiger charge is -2.13. The number of fused-ring (bicyclic) bond motifs is 1. The highest BCUT2D eigenvalue weighted by Gasteiger charge is 2.28. The number of furan rings is 1. The third-order valence-corrected chi connectivity index (χ3v) is 5.98. The molecule has 0 atom stereocenters. The Morgan fingerprint density at radius 3 is 2.40 bits per heavy atom. The number of hydrazone groups is 1. The van der Waals surface area contributed by atoms with Crippen LogP contribution in [0.25, 0.3) is 0 Å². The summed E-state index contributed by atoms with van der Waals surface area (Å²) in [4.78, 5) is 35.6. The number of rotatable bonds is 7. The van der Waals surface area contributed by atoms with E-state index in [0.717, 1.165) is 18.4 Å². The lowest BCUT2D eigenvalue weighted by molar-refractivity contribution is -0.384. The summed E-state index contributed by atoms with van der Waals surface area (Å²) in [5.74, 6) is 0.251. The number of benzene rings is 2. The van der Waals surface area contributed by atoms with Gasteiger partial charge >= 0.3 is 0 Å². The predicted octanol–water partition coefficient (Wildman–Crippen LogP) is 4.71. The van der Waals surface area contributed by atoms with Gasteiger partial charge in [-0.3, -0.25) is 19.7 Å². The number of nitrogens with one attached hydrogen (secondary N) is 2. The Morgan fingerprint density at radius 1 is 1.06 bits per heavy atom. The van der Waals surface area contributed by atoms with Gasteiger partial charge in [-0.05, 0) is 49.4 Å². The van der Waals surface area contributed by atoms with E-state index in [-0.39, 0.29) is 29.7 Å². The van der Waals surface area contributed by atoms with Crippen LogP contribution in [0.1, 0.15) is 58.3 Å². The van der Waals surface area contributed by atoms with Gasteiger partial charge in [-0.1, -0.05) is 31.2 Å². The molecule has 2 aromatic carbocycles. The summed E-state index contributed by atoms with van der Waals surface area (Å²) >= 11 is 0. The zero-order valence-electron chi connectivity index (χ0n) is 19.6. The molecule has 0 radical (unpaired) electrons. The van der Waals surface area contributed by atoms with E-state index in [1.165, 1.54) is 17.7 Å². The monoisotopic (exact) mass is 474 g/mol. The molecule has 2 amide bonds. The van der Waals surface area contributed by atoms with E-state index in [0.29, 0.717) is 41.1 Å². The van der Waals surface area contributed by atoms with Crippen LogP contribution < -0.4 is 10.7 Å². The average Bonchev–Trinajstić information content (AvgIpc) is 3.20. The number of nitro benzene ring substituents is 1. The summed E-state index contributed by atoms with van der Waals surface area (Å²) in [5, 5.41) is 18.0. The summed E-state index contributed by atoms with van der Waals surface area (Å²) in [7, 11) is 0. The van der Waals surface area contributed by atoms with E-state index in [1.54, 1.807) is 12.1 Å². The molecule has 1 aliphatic rings. The lowest BCUT2D eigenvalue weighted by Crippen LogP contribution is -2.23. The van der Waals surface area contributed by atoms with E-state index >= 15 is 0 Å². The molecule has 2 N–H and O–H groups in total. The van der Waals surface area contributed by atoms with Crippen molar-refractivity contribution >= 4 is 28.9 Å². The van der Waals surface area contributed by atoms with Crippen molar-refractivity contribution in [2.75, 3.05) is 5.32 Å². The van der Waals surface area contributed by atoms with Crippen LogP contribution in [-0.4, -0.2) is 22.4 Å². The van der Waals surface area contributed by atoms with Crippen LogP contribution in [0, 0.1) is 17.0 Å². The summed E-state index contributed by atoms with van der Waals surface area (Å²) in [6.45, 7) is 3.89. The van der Waals surface area contributed by atoms with Gasteiger partial charge in [0.05, 0.1) is 17.1 Å². The standard InChI is InChI=1S/C26H26N4O5/c1-3-17-7-11-19(12-8-17)27-26(32)25-16(2)24-21(5-4-6-22(24)35-25)28-29-23(31)15-18-9-13-20(14-10-18)30(33)34/h7-14H,3-6,15H2,1-2H3,(H,27,32)(H,29,31)/b28-21+. The van der Waals surface area contributed by atoms with Crippen LogP contribution in [0.2, 0.25) is 0 Å². The number of hydrogen-bond donors (Lipinski definition) is 2. The topological polar surface area (TPSA) is 127 Å². The zero-order valence-corrected chi connectivity index (χ0v) is 19.6. The smallest absolute Gasteiger partial charge is 0.291 e. The minimum Gasteiger partial charge on any atom is -0.455 e. The number of anilines is 1. The summed E-state index contributed by atoms with van der Waals surface area (Å²) in [6, 6.07) is 13.5. The van der Waals surface area contributed by atoms with Gasteiger partial charge in [0.25, 0.3) is 11.6 Å². The number of amides is 2. The van der Waals surface area contributed by atoms with Crippen LogP contribution >= 0.6 is 0 Å². The van der Waals surface area contributed by atoms with Crippen molar-refractivity contribution in [1.82, 2.24) is 5.43 Å². The predicted molar refractivity (Wildman–Crippen MR) is 132 cm³/mol. The van der Waals surface area contributed by atoms with E-state index in [1.807, 2.05) is 31.2 Å². The van der Waals surface area contributed by atoms with Crippen molar-refractivity contribution in [2.24, 2.45) is 5.10 Å². The fraction of sp³-hybridized carbons (Fsp3) is 0.269. The third-order valence-electron chi connectivity index (χ3n) is 5.98. The highest BCUT2D eigenvalue weighted by molar-refractivity contribution is 6.09. The Labute approximate surface area is 202 Å². The lowest BCUT2D eigenvalue weighted by atomic mass is 9.93. The fourth-order valence-corrected chi connectivity index (χ4v) is 4.10. The van der Waals surface area contributed by atoms with Crippen LogP contribution in [0.3, 0.4) is 0 Å². The molecule has 1 aromatic heterocycles. The molecule has 0 unspecified atom stereocenters. The van der Waals surface area contributed by atoms with Gasteiger partial charge < -0.3 is 9.73 Å². The number of carbonyl (C=O) groups is 2. The number of aryl methyl sites for hydroxylation is 2. The van der Waals surface area contributed by atoms with Crippen molar-refractivity contribution in [3.63, 3.8) is 0 Å². The first-order chi connectivity index (χ1) is 16.9. The van der Waals surface area contributed by atoms with Crippen molar-refractivity contribution in [3.8, 4) is 0 Å². The molecular formula is C26H26N4O5. The van der Waals surface area contributed by atoms with Crippen LogP contribution in [0.5, 0.6) is 0 Å². The number of non-ortho nitro benzene ring substituents is 1. The van der Waals surface area contributed by atoms with Gasteiger partial charge in [-0.15, -0.1) is 0 Å². The minimum atomic E-state index is -0.486. The second kappa shape index (κ2) is 10.3. The molecular weight excluding hydrogens is 448 g/mol. The summed E-state index contributed by atoms with van der Waals surface area (Å²) in [6.07, 6.45) is 3.08. The van der Waals surface area contributed by atoms with Crippen molar-refractivity contribution in [2.45, 2.75) is 46.0 Å². The molecule has 9 nitrogen and oxygen atoms in total. The Kier molecular flexibility index (Phi) is 7.05. The van der Waals surface area contributed by atoms with Gasteiger partial charge in [0, 0.05) is 35.4 Å². The Balaban J connectivity index is 1.46. The first-order valence-electron chi connectivity index (χ1n) is 11.5. The van der Waals surface area contributed by atoms with Crippen molar-refractivity contribution in [1.29, 1.82) is 0 Å². The maximum Gasteiger partial charge on any atom is 0.291 e. The molecule has 0 bridgehead atoms. The van der Waals surface area contributed by atoms with Crippen LogP contribution in [0.4, 0.5) is 11.4 Å². The molecule has 3 aromatic rings. The van der Waals surface area contributed by atoms with Gasteiger partial charge in [0.1, 0.15) is 5.76 Å². The minimum absolute atomic E-state index is 0.0302. The normalized spacial score (nSPS) is 13.8. The van der Waals surface area contributed by atoms with E-state index < -0.39 is 4.92 Å². The van der Waals surface area contributed by atoms with Crippen LogP contribution in [-0.2, 0) is 24.1 Å². The average molecular weight is 475 g/mol. The maximum atomic E-state index is 12.9. The van der Waals surface area contributed by atoms with E-state index in [4.69, 9.17) is 4.42 Å². The summed E-state index contributed by atoms with van der Waals surface area (Å²) < 4.78 is 5.92. The molecule has 35 heavy (non-hydrogen) atoms. The van der Waals surface area contributed by atoms with E-state index in [9.17, 15) is 19.7 Å². The number of carbonyl (C=O) groups excluding carboxylic acids is 2. The van der Waals surface area contributed by atoms with Gasteiger partial charge in [-0.25, -0.2) is 5.43 Å². The van der Waals surface area contributed by atoms with Crippen molar-refractivity contribution in [3.05, 3.63) is 92.4 Å². The number of nitro groups is 1. The van der Waals surface area contributed by atoms with Gasteiger partial charge in [0.2, 0.25) is 5.91 Å². The largest absolute Gasteiger partial charge is 0.455 e. The molecule has 0 aliphatic heterocycles. The molecule has 180 valence electrons. The Morgan fingerprint density at radius 2 is 1.74 bits per heavy atom. The molecule has 0 saturated heterocycles. The first kappa shape index (κ1) is 23.9. The molecule has 0 fully saturated rings.